The third kappa shape index (κ3) is 1.71. The Kier molecular flexibility index (Phi) is 2.21. The van der Waals surface area contributed by atoms with Gasteiger partial charge in [0.15, 0.2) is 5.75 Å². The Labute approximate surface area is 85.2 Å². The SMILES string of the molecule is O=C1CC(=O)N(Oc2ccccc2)C1=O. The van der Waals surface area contributed by atoms with Crippen molar-refractivity contribution in [3.8, 4) is 5.75 Å². The maximum absolute atomic E-state index is 11.2. The van der Waals surface area contributed by atoms with Gasteiger partial charge >= 0.3 is 5.91 Å². The van der Waals surface area contributed by atoms with Crippen LogP contribution < -0.4 is 4.84 Å². The average molecular weight is 205 g/mol. The highest BCUT2D eigenvalue weighted by atomic mass is 16.7. The van der Waals surface area contributed by atoms with E-state index in [-0.39, 0.29) is 0 Å². The number of imide groups is 1. The molecular formula is C10H7NO4. The molecule has 15 heavy (non-hydrogen) atoms. The lowest BCUT2D eigenvalue weighted by molar-refractivity contribution is -0.166. The Hall–Kier alpha value is -2.17. The molecule has 76 valence electrons. The van der Waals surface area contributed by atoms with Crippen molar-refractivity contribution in [1.82, 2.24) is 5.06 Å². The Morgan fingerprint density at radius 3 is 2.27 bits per heavy atom. The molecule has 0 unspecified atom stereocenters. The lowest BCUT2D eigenvalue weighted by Crippen LogP contribution is -2.34. The molecule has 2 amide bonds. The highest BCUT2D eigenvalue weighted by Crippen LogP contribution is 2.15. The number of hydrogen-bond donors (Lipinski definition) is 0. The van der Waals surface area contributed by atoms with E-state index in [4.69, 9.17) is 4.84 Å². The van der Waals surface area contributed by atoms with Gasteiger partial charge in [0.1, 0.15) is 0 Å². The van der Waals surface area contributed by atoms with Crippen LogP contribution in [0.2, 0.25) is 0 Å². The number of benzene rings is 1. The number of amides is 2. The Morgan fingerprint density at radius 1 is 1.07 bits per heavy atom. The van der Waals surface area contributed by atoms with E-state index in [1.54, 1.807) is 30.3 Å². The van der Waals surface area contributed by atoms with Gasteiger partial charge in [0.25, 0.3) is 5.91 Å². The van der Waals surface area contributed by atoms with Crippen molar-refractivity contribution in [2.45, 2.75) is 6.42 Å². The third-order valence-electron chi connectivity index (χ3n) is 1.90. The van der Waals surface area contributed by atoms with E-state index in [1.807, 2.05) is 0 Å². The monoisotopic (exact) mass is 205 g/mol. The second-order valence-corrected chi connectivity index (χ2v) is 3.00. The summed E-state index contributed by atoms with van der Waals surface area (Å²) in [5.41, 5.74) is 0. The molecule has 1 aromatic carbocycles. The maximum Gasteiger partial charge on any atom is 0.330 e. The van der Waals surface area contributed by atoms with Crippen molar-refractivity contribution in [2.24, 2.45) is 0 Å². The van der Waals surface area contributed by atoms with Crippen LogP contribution in [-0.4, -0.2) is 22.7 Å². The third-order valence-corrected chi connectivity index (χ3v) is 1.90. The van der Waals surface area contributed by atoms with E-state index in [0.717, 1.165) is 0 Å². The van der Waals surface area contributed by atoms with E-state index in [0.29, 0.717) is 10.8 Å². The normalized spacial score (nSPS) is 16.0. The molecule has 0 bridgehead atoms. The molecule has 0 radical (unpaired) electrons. The molecule has 0 aromatic heterocycles. The molecule has 1 aliphatic rings. The zero-order valence-corrected chi connectivity index (χ0v) is 7.67. The molecule has 1 aromatic rings. The van der Waals surface area contributed by atoms with Crippen molar-refractivity contribution < 1.29 is 19.2 Å². The maximum atomic E-state index is 11.2. The minimum Gasteiger partial charge on any atom is -0.369 e. The fourth-order valence-corrected chi connectivity index (χ4v) is 1.19. The zero-order chi connectivity index (χ0) is 10.8. The van der Waals surface area contributed by atoms with E-state index >= 15 is 0 Å². The number of Topliss-reactive ketones (excluding diaryl/α,β-unsaturated/α-hetero) is 1. The van der Waals surface area contributed by atoms with Crippen LogP contribution in [0, 0.1) is 0 Å². The van der Waals surface area contributed by atoms with E-state index in [9.17, 15) is 14.4 Å². The van der Waals surface area contributed by atoms with Crippen LogP contribution in [0.15, 0.2) is 30.3 Å². The standard InChI is InChI=1S/C10H7NO4/c12-8-6-9(13)11(10(8)14)15-7-4-2-1-3-5-7/h1-5H,6H2. The number of nitrogens with zero attached hydrogens (tertiary/aromatic N) is 1. The lowest BCUT2D eigenvalue weighted by Gasteiger charge is -2.12. The van der Waals surface area contributed by atoms with Crippen molar-refractivity contribution in [2.75, 3.05) is 0 Å². The van der Waals surface area contributed by atoms with Gasteiger partial charge in [0.05, 0.1) is 6.42 Å². The van der Waals surface area contributed by atoms with Gasteiger partial charge in [0.2, 0.25) is 5.78 Å². The predicted molar refractivity (Wildman–Crippen MR) is 48.5 cm³/mol. The Bertz CT molecular complexity index is 426. The van der Waals surface area contributed by atoms with Crippen LogP contribution in [0.1, 0.15) is 6.42 Å². The zero-order valence-electron chi connectivity index (χ0n) is 7.67. The molecule has 5 nitrogen and oxygen atoms in total. The number of carbonyl (C=O) groups is 3. The molecule has 2 rings (SSSR count). The number of para-hydroxylation sites is 1. The van der Waals surface area contributed by atoms with Crippen LogP contribution in [0.25, 0.3) is 0 Å². The van der Waals surface area contributed by atoms with Crippen molar-refractivity contribution >= 4 is 17.6 Å². The van der Waals surface area contributed by atoms with Gasteiger partial charge in [-0.05, 0) is 12.1 Å². The summed E-state index contributed by atoms with van der Waals surface area (Å²) in [6.45, 7) is 0. The van der Waals surface area contributed by atoms with Gasteiger partial charge in [0, 0.05) is 0 Å². The van der Waals surface area contributed by atoms with Gasteiger partial charge in [-0.1, -0.05) is 23.3 Å². The summed E-state index contributed by atoms with van der Waals surface area (Å²) in [5.74, 6) is -1.94. The second kappa shape index (κ2) is 3.53. The number of ketones is 1. The largest absolute Gasteiger partial charge is 0.369 e. The first-order valence-corrected chi connectivity index (χ1v) is 4.31. The lowest BCUT2D eigenvalue weighted by atomic mass is 10.3. The molecule has 0 aliphatic carbocycles. The van der Waals surface area contributed by atoms with Gasteiger partial charge < -0.3 is 4.84 Å². The van der Waals surface area contributed by atoms with E-state index < -0.39 is 24.0 Å². The van der Waals surface area contributed by atoms with Crippen LogP contribution >= 0.6 is 0 Å². The summed E-state index contributed by atoms with van der Waals surface area (Å²) in [6.07, 6.45) is -0.411. The number of hydroxylamine groups is 2. The van der Waals surface area contributed by atoms with Gasteiger partial charge in [-0.25, -0.2) is 0 Å². The molecule has 1 heterocycles. The van der Waals surface area contributed by atoms with Crippen LogP contribution in [0.4, 0.5) is 0 Å². The minimum absolute atomic E-state index is 0.342. The summed E-state index contributed by atoms with van der Waals surface area (Å²) >= 11 is 0. The highest BCUT2D eigenvalue weighted by Gasteiger charge is 2.39. The molecule has 1 fully saturated rings. The summed E-state index contributed by atoms with van der Waals surface area (Å²) in [4.78, 5) is 38.2. The molecule has 1 saturated heterocycles. The highest BCUT2D eigenvalue weighted by molar-refractivity contribution is 6.46. The Balaban J connectivity index is 2.16. The summed E-state index contributed by atoms with van der Waals surface area (Å²) in [5, 5.41) is 0.498. The van der Waals surface area contributed by atoms with Crippen molar-refractivity contribution in [3.05, 3.63) is 30.3 Å². The van der Waals surface area contributed by atoms with Crippen LogP contribution in [-0.2, 0) is 14.4 Å². The van der Waals surface area contributed by atoms with Crippen molar-refractivity contribution in [1.29, 1.82) is 0 Å². The molecule has 5 heteroatoms. The fourth-order valence-electron chi connectivity index (χ4n) is 1.19. The summed E-state index contributed by atoms with van der Waals surface area (Å²) in [6, 6.07) is 8.34. The molecular weight excluding hydrogens is 198 g/mol. The topological polar surface area (TPSA) is 63.7 Å². The predicted octanol–water partition coefficient (Wildman–Crippen LogP) is 0.308. The quantitative estimate of drug-likeness (QED) is 0.396. The number of rotatable bonds is 2. The summed E-state index contributed by atoms with van der Waals surface area (Å²) < 4.78 is 0. The first-order chi connectivity index (χ1) is 7.18. The van der Waals surface area contributed by atoms with Gasteiger partial charge in [-0.15, -0.1) is 0 Å². The first-order valence-electron chi connectivity index (χ1n) is 4.31. The second-order valence-electron chi connectivity index (χ2n) is 3.00. The van der Waals surface area contributed by atoms with Crippen molar-refractivity contribution in [3.63, 3.8) is 0 Å². The fraction of sp³-hybridized carbons (Fsp3) is 0.100. The molecule has 0 saturated carbocycles. The van der Waals surface area contributed by atoms with Gasteiger partial charge in [-0.2, -0.15) is 0 Å². The van der Waals surface area contributed by atoms with Crippen LogP contribution in [0.3, 0.4) is 0 Å². The Morgan fingerprint density at radius 2 is 1.73 bits per heavy atom. The molecule has 1 aliphatic heterocycles. The molecule has 0 N–H and O–H groups in total. The van der Waals surface area contributed by atoms with E-state index in [1.165, 1.54) is 0 Å². The summed E-state index contributed by atoms with van der Waals surface area (Å²) in [7, 11) is 0. The van der Waals surface area contributed by atoms with E-state index in [2.05, 4.69) is 0 Å². The first kappa shape index (κ1) is 9.39. The molecule has 0 spiro atoms. The van der Waals surface area contributed by atoms with Crippen LogP contribution in [0.5, 0.6) is 5.75 Å². The van der Waals surface area contributed by atoms with Gasteiger partial charge in [-0.3, -0.25) is 14.4 Å². The minimum atomic E-state index is -0.913. The number of hydrogen-bond acceptors (Lipinski definition) is 4. The number of carbonyl (C=O) groups excluding carboxylic acids is 3. The smallest absolute Gasteiger partial charge is 0.330 e. The average Bonchev–Trinajstić information content (AvgIpc) is 2.47. The molecule has 0 atom stereocenters.